The van der Waals surface area contributed by atoms with Gasteiger partial charge in [-0.1, -0.05) is 29.8 Å². The number of nitrogens with zero attached hydrogens (tertiary/aromatic N) is 3. The van der Waals surface area contributed by atoms with Gasteiger partial charge in [-0.2, -0.15) is 0 Å². The van der Waals surface area contributed by atoms with Crippen LogP contribution < -0.4 is 10.6 Å². The summed E-state index contributed by atoms with van der Waals surface area (Å²) in [5, 5.41) is 2.79. The molecule has 0 amide bonds. The molecule has 0 aliphatic carbocycles. The summed E-state index contributed by atoms with van der Waals surface area (Å²) in [7, 11) is 2.01. The van der Waals surface area contributed by atoms with E-state index in [0.717, 1.165) is 27.1 Å². The molecule has 3 rings (SSSR count). The van der Waals surface area contributed by atoms with Gasteiger partial charge < -0.3 is 10.6 Å². The normalized spacial score (nSPS) is 11.2. The number of nitrogens with two attached hydrogens (primary N) is 1. The quantitative estimate of drug-likeness (QED) is 0.805. The maximum absolute atomic E-state index is 6.21. The monoisotopic (exact) mass is 306 g/mol. The number of hydrogen-bond acceptors (Lipinski definition) is 4. The predicted molar refractivity (Wildman–Crippen MR) is 84.5 cm³/mol. The highest BCUT2D eigenvalue weighted by Crippen LogP contribution is 2.26. The highest BCUT2D eigenvalue weighted by atomic mass is 35.5. The Morgan fingerprint density at radius 2 is 2.20 bits per heavy atom. The molecule has 2 heterocycles. The van der Waals surface area contributed by atoms with Crippen molar-refractivity contribution >= 4 is 33.7 Å². The van der Waals surface area contributed by atoms with E-state index in [9.17, 15) is 0 Å². The summed E-state index contributed by atoms with van der Waals surface area (Å²) in [6.45, 7) is 1.16. The van der Waals surface area contributed by atoms with E-state index >= 15 is 0 Å². The van der Waals surface area contributed by atoms with Gasteiger partial charge in [0.15, 0.2) is 10.8 Å². The summed E-state index contributed by atoms with van der Waals surface area (Å²) in [4.78, 5) is 7.70. The second kappa shape index (κ2) is 5.44. The summed E-state index contributed by atoms with van der Waals surface area (Å²) in [5.74, 6) is 0.916. The SMILES string of the molecule is CN(Cc1ccccc1Cl)c1nc2sccn2c1CN. The van der Waals surface area contributed by atoms with Gasteiger partial charge in [0.2, 0.25) is 0 Å². The molecule has 0 atom stereocenters. The lowest BCUT2D eigenvalue weighted by Gasteiger charge is -2.18. The number of aromatic nitrogens is 2. The Morgan fingerprint density at radius 3 is 2.95 bits per heavy atom. The highest BCUT2D eigenvalue weighted by Gasteiger charge is 2.16. The molecule has 0 fully saturated rings. The highest BCUT2D eigenvalue weighted by molar-refractivity contribution is 7.15. The van der Waals surface area contributed by atoms with Gasteiger partial charge in [-0.05, 0) is 11.6 Å². The number of thiazole rings is 1. The molecule has 0 unspecified atom stereocenters. The molecular formula is C14H15ClN4S. The van der Waals surface area contributed by atoms with E-state index in [1.54, 1.807) is 11.3 Å². The minimum absolute atomic E-state index is 0.458. The van der Waals surface area contributed by atoms with E-state index in [2.05, 4.69) is 9.88 Å². The van der Waals surface area contributed by atoms with Crippen LogP contribution in [0.1, 0.15) is 11.3 Å². The third kappa shape index (κ3) is 2.28. The Hall–Kier alpha value is -1.56. The second-order valence-electron chi connectivity index (χ2n) is 4.59. The van der Waals surface area contributed by atoms with Crippen LogP contribution in [0.2, 0.25) is 5.02 Å². The third-order valence-electron chi connectivity index (χ3n) is 3.26. The third-order valence-corrected chi connectivity index (χ3v) is 4.39. The molecule has 0 aliphatic rings. The first-order valence-electron chi connectivity index (χ1n) is 6.29. The Bertz CT molecular complexity index is 734. The molecule has 1 aromatic carbocycles. The average molecular weight is 307 g/mol. The van der Waals surface area contributed by atoms with E-state index < -0.39 is 0 Å². The smallest absolute Gasteiger partial charge is 0.195 e. The summed E-state index contributed by atoms with van der Waals surface area (Å²) in [6.07, 6.45) is 2.00. The molecular weight excluding hydrogens is 292 g/mol. The van der Waals surface area contributed by atoms with Crippen LogP contribution in [0.5, 0.6) is 0 Å². The van der Waals surface area contributed by atoms with E-state index in [1.165, 1.54) is 0 Å². The van der Waals surface area contributed by atoms with E-state index in [1.807, 2.05) is 47.3 Å². The van der Waals surface area contributed by atoms with Crippen LogP contribution in [0.25, 0.3) is 4.96 Å². The first-order valence-corrected chi connectivity index (χ1v) is 7.55. The number of fused-ring (bicyclic) bond motifs is 1. The van der Waals surface area contributed by atoms with Gasteiger partial charge in [0.05, 0.1) is 5.69 Å². The minimum Gasteiger partial charge on any atom is -0.354 e. The van der Waals surface area contributed by atoms with E-state index in [4.69, 9.17) is 17.3 Å². The van der Waals surface area contributed by atoms with Crippen LogP contribution >= 0.6 is 22.9 Å². The van der Waals surface area contributed by atoms with Crippen molar-refractivity contribution < 1.29 is 0 Å². The average Bonchev–Trinajstić information content (AvgIpc) is 3.01. The molecule has 20 heavy (non-hydrogen) atoms. The molecule has 0 spiro atoms. The zero-order chi connectivity index (χ0) is 14.1. The summed E-state index contributed by atoms with van der Waals surface area (Å²) in [5.41, 5.74) is 7.98. The van der Waals surface area contributed by atoms with Crippen molar-refractivity contribution in [1.29, 1.82) is 0 Å². The topological polar surface area (TPSA) is 46.6 Å². The Balaban J connectivity index is 1.94. The lowest BCUT2D eigenvalue weighted by Crippen LogP contribution is -2.19. The van der Waals surface area contributed by atoms with Crippen molar-refractivity contribution in [2.24, 2.45) is 5.73 Å². The fourth-order valence-electron chi connectivity index (χ4n) is 2.27. The summed E-state index contributed by atoms with van der Waals surface area (Å²) in [6, 6.07) is 7.86. The minimum atomic E-state index is 0.458. The fourth-order valence-corrected chi connectivity index (χ4v) is 3.20. The Labute approximate surface area is 126 Å². The van der Waals surface area contributed by atoms with Gasteiger partial charge in [0, 0.05) is 36.7 Å². The Kier molecular flexibility index (Phi) is 3.65. The van der Waals surface area contributed by atoms with E-state index in [-0.39, 0.29) is 0 Å². The van der Waals surface area contributed by atoms with Crippen molar-refractivity contribution in [3.8, 4) is 0 Å². The second-order valence-corrected chi connectivity index (χ2v) is 5.87. The van der Waals surface area contributed by atoms with Crippen LogP contribution in [0.4, 0.5) is 5.82 Å². The largest absolute Gasteiger partial charge is 0.354 e. The summed E-state index contributed by atoms with van der Waals surface area (Å²) < 4.78 is 2.04. The molecule has 0 saturated carbocycles. The van der Waals surface area contributed by atoms with Crippen molar-refractivity contribution in [2.75, 3.05) is 11.9 Å². The molecule has 0 radical (unpaired) electrons. The number of rotatable bonds is 4. The number of imidazole rings is 1. The molecule has 2 N–H and O–H groups in total. The lowest BCUT2D eigenvalue weighted by atomic mass is 10.2. The van der Waals surface area contributed by atoms with Crippen LogP contribution in [0.3, 0.4) is 0 Å². The predicted octanol–water partition coefficient (Wildman–Crippen LogP) is 3.14. The van der Waals surface area contributed by atoms with Gasteiger partial charge in [-0.15, -0.1) is 11.3 Å². The van der Waals surface area contributed by atoms with Gasteiger partial charge in [-0.25, -0.2) is 4.98 Å². The van der Waals surface area contributed by atoms with Gasteiger partial charge in [0.1, 0.15) is 0 Å². The molecule has 4 nitrogen and oxygen atoms in total. The number of anilines is 1. The first-order chi connectivity index (χ1) is 9.70. The fraction of sp³-hybridized carbons (Fsp3) is 0.214. The molecule has 0 bridgehead atoms. The maximum Gasteiger partial charge on any atom is 0.195 e. The standard InChI is InChI=1S/C14H15ClN4S/c1-18(9-10-4-2-3-5-11(10)15)13-12(8-16)19-6-7-20-14(19)17-13/h2-7H,8-9,16H2,1H3. The van der Waals surface area contributed by atoms with E-state index in [0.29, 0.717) is 13.1 Å². The molecule has 0 aliphatic heterocycles. The number of halogens is 1. The van der Waals surface area contributed by atoms with Crippen LogP contribution in [-0.2, 0) is 13.1 Å². The van der Waals surface area contributed by atoms with Gasteiger partial charge in [0.25, 0.3) is 0 Å². The molecule has 0 saturated heterocycles. The Morgan fingerprint density at radius 1 is 1.40 bits per heavy atom. The molecule has 2 aromatic heterocycles. The van der Waals surface area contributed by atoms with Crippen LogP contribution in [0.15, 0.2) is 35.8 Å². The van der Waals surface area contributed by atoms with Crippen molar-refractivity contribution in [1.82, 2.24) is 9.38 Å². The van der Waals surface area contributed by atoms with Crippen molar-refractivity contribution in [2.45, 2.75) is 13.1 Å². The maximum atomic E-state index is 6.21. The zero-order valence-corrected chi connectivity index (χ0v) is 12.7. The van der Waals surface area contributed by atoms with Crippen molar-refractivity contribution in [3.05, 3.63) is 52.1 Å². The first kappa shape index (κ1) is 13.4. The molecule has 6 heteroatoms. The number of benzene rings is 1. The van der Waals surface area contributed by atoms with Crippen LogP contribution in [-0.4, -0.2) is 16.4 Å². The number of hydrogen-bond donors (Lipinski definition) is 1. The molecule has 3 aromatic rings. The van der Waals surface area contributed by atoms with Crippen LogP contribution in [0, 0.1) is 0 Å². The summed E-state index contributed by atoms with van der Waals surface area (Å²) >= 11 is 7.82. The lowest BCUT2D eigenvalue weighted by molar-refractivity contribution is 0.874. The van der Waals surface area contributed by atoms with Gasteiger partial charge in [-0.3, -0.25) is 4.40 Å². The van der Waals surface area contributed by atoms with Gasteiger partial charge >= 0.3 is 0 Å². The zero-order valence-electron chi connectivity index (χ0n) is 11.1. The van der Waals surface area contributed by atoms with Crippen molar-refractivity contribution in [3.63, 3.8) is 0 Å². The molecule has 104 valence electrons.